The van der Waals surface area contributed by atoms with Crippen LogP contribution in [0.4, 0.5) is 0 Å². The molecule has 3 fully saturated rings. The molecule has 86 valence electrons. The minimum absolute atomic E-state index is 0.0657. The molecule has 3 aliphatic rings. The fourth-order valence-electron chi connectivity index (χ4n) is 2.95. The maximum atomic E-state index is 6.14. The molecule has 1 saturated carbocycles. The van der Waals surface area contributed by atoms with Crippen molar-refractivity contribution in [2.75, 3.05) is 19.8 Å². The highest BCUT2D eigenvalue weighted by Gasteiger charge is 2.54. The summed E-state index contributed by atoms with van der Waals surface area (Å²) in [7, 11) is 0. The average Bonchev–Trinajstić information content (AvgIpc) is 2.99. The fraction of sp³-hybridized carbons (Fsp3) is 1.00. The quantitative estimate of drug-likeness (QED) is 0.661. The van der Waals surface area contributed by atoms with E-state index in [0.717, 1.165) is 39.1 Å². The first-order valence-corrected chi connectivity index (χ1v) is 6.24. The van der Waals surface area contributed by atoms with E-state index in [9.17, 15) is 0 Å². The summed E-state index contributed by atoms with van der Waals surface area (Å²) in [5.74, 6) is 0. The molecule has 2 aliphatic heterocycles. The van der Waals surface area contributed by atoms with Gasteiger partial charge in [-0.1, -0.05) is 0 Å². The second-order valence-electron chi connectivity index (χ2n) is 5.48. The lowest BCUT2D eigenvalue weighted by atomic mass is 9.92. The molecule has 3 rings (SSSR count). The Kier molecular flexibility index (Phi) is 2.31. The van der Waals surface area contributed by atoms with Crippen molar-refractivity contribution in [3.05, 3.63) is 0 Å². The summed E-state index contributed by atoms with van der Waals surface area (Å²) in [6.45, 7) is 5.02. The molecule has 3 heteroatoms. The van der Waals surface area contributed by atoms with E-state index in [1.54, 1.807) is 0 Å². The van der Waals surface area contributed by atoms with Gasteiger partial charge in [-0.3, -0.25) is 5.32 Å². The summed E-state index contributed by atoms with van der Waals surface area (Å²) in [6, 6.07) is 0.615. The van der Waals surface area contributed by atoms with Crippen molar-refractivity contribution in [3.63, 3.8) is 0 Å². The second kappa shape index (κ2) is 3.44. The Morgan fingerprint density at radius 2 is 2.00 bits per heavy atom. The maximum absolute atomic E-state index is 6.14. The molecule has 0 radical (unpaired) electrons. The maximum Gasteiger partial charge on any atom is 0.121 e. The minimum Gasteiger partial charge on any atom is -0.381 e. The first-order valence-electron chi connectivity index (χ1n) is 6.24. The van der Waals surface area contributed by atoms with Crippen molar-refractivity contribution in [1.29, 1.82) is 0 Å². The summed E-state index contributed by atoms with van der Waals surface area (Å²) in [6.07, 6.45) is 5.91. The summed E-state index contributed by atoms with van der Waals surface area (Å²) in [4.78, 5) is 0. The Bertz CT molecular complexity index is 242. The van der Waals surface area contributed by atoms with Crippen LogP contribution < -0.4 is 5.32 Å². The molecule has 0 aromatic rings. The Hall–Kier alpha value is -0.120. The number of ether oxygens (including phenoxy) is 2. The lowest BCUT2D eigenvalue weighted by Gasteiger charge is -2.45. The summed E-state index contributed by atoms with van der Waals surface area (Å²) < 4.78 is 11.6. The normalized spacial score (nSPS) is 44.2. The Balaban J connectivity index is 1.71. The predicted octanol–water partition coefficient (Wildman–Crippen LogP) is 1.67. The number of hydrogen-bond acceptors (Lipinski definition) is 3. The Labute approximate surface area is 91.5 Å². The van der Waals surface area contributed by atoms with Crippen molar-refractivity contribution in [3.8, 4) is 0 Å². The SMILES string of the molecule is CC1NC2(CCCOCC2)OCC12CC2. The van der Waals surface area contributed by atoms with Crippen LogP contribution in [-0.2, 0) is 9.47 Å². The smallest absolute Gasteiger partial charge is 0.121 e. The van der Waals surface area contributed by atoms with Crippen LogP contribution in [0, 0.1) is 5.41 Å². The van der Waals surface area contributed by atoms with Crippen LogP contribution in [0.3, 0.4) is 0 Å². The van der Waals surface area contributed by atoms with Gasteiger partial charge in [-0.2, -0.15) is 0 Å². The van der Waals surface area contributed by atoms with E-state index in [2.05, 4.69) is 12.2 Å². The largest absolute Gasteiger partial charge is 0.381 e. The number of rotatable bonds is 0. The topological polar surface area (TPSA) is 30.5 Å². The zero-order valence-corrected chi connectivity index (χ0v) is 9.55. The summed E-state index contributed by atoms with van der Waals surface area (Å²) >= 11 is 0. The van der Waals surface area contributed by atoms with Crippen LogP contribution in [0.1, 0.15) is 39.0 Å². The van der Waals surface area contributed by atoms with Gasteiger partial charge >= 0.3 is 0 Å². The summed E-state index contributed by atoms with van der Waals surface area (Å²) in [5, 5.41) is 3.72. The predicted molar refractivity (Wildman–Crippen MR) is 57.6 cm³/mol. The van der Waals surface area contributed by atoms with Gasteiger partial charge in [0, 0.05) is 24.5 Å². The van der Waals surface area contributed by atoms with Crippen LogP contribution >= 0.6 is 0 Å². The van der Waals surface area contributed by atoms with E-state index in [1.165, 1.54) is 12.8 Å². The standard InChI is InChI=1S/C12H21NO2/c1-10-11(4-5-11)9-15-12(13-10)3-2-7-14-8-6-12/h10,13H,2-9H2,1H3. The molecular weight excluding hydrogens is 190 g/mol. The van der Waals surface area contributed by atoms with E-state index in [0.29, 0.717) is 11.5 Å². The van der Waals surface area contributed by atoms with Gasteiger partial charge in [-0.25, -0.2) is 0 Å². The first kappa shape index (κ1) is 10.1. The molecule has 0 amide bonds. The van der Waals surface area contributed by atoms with Crippen LogP contribution in [0.2, 0.25) is 0 Å². The zero-order valence-electron chi connectivity index (χ0n) is 9.55. The third kappa shape index (κ3) is 1.71. The number of nitrogens with one attached hydrogen (secondary N) is 1. The van der Waals surface area contributed by atoms with Gasteiger partial charge in [0.2, 0.25) is 0 Å². The van der Waals surface area contributed by atoms with E-state index in [4.69, 9.17) is 9.47 Å². The third-order valence-corrected chi connectivity index (χ3v) is 4.45. The molecular formula is C12H21NO2. The second-order valence-corrected chi connectivity index (χ2v) is 5.48. The Morgan fingerprint density at radius 3 is 2.73 bits per heavy atom. The highest BCUT2D eigenvalue weighted by molar-refractivity contribution is 5.05. The van der Waals surface area contributed by atoms with Crippen LogP contribution in [0.5, 0.6) is 0 Å². The van der Waals surface area contributed by atoms with Gasteiger partial charge in [0.1, 0.15) is 5.72 Å². The van der Waals surface area contributed by atoms with Crippen molar-refractivity contribution in [2.45, 2.75) is 50.8 Å². The highest BCUT2D eigenvalue weighted by Crippen LogP contribution is 2.52. The van der Waals surface area contributed by atoms with Gasteiger partial charge < -0.3 is 9.47 Å². The van der Waals surface area contributed by atoms with E-state index in [-0.39, 0.29) is 5.72 Å². The molecule has 2 atom stereocenters. The molecule has 1 aliphatic carbocycles. The van der Waals surface area contributed by atoms with Gasteiger partial charge in [-0.15, -0.1) is 0 Å². The van der Waals surface area contributed by atoms with Gasteiger partial charge in [0.05, 0.1) is 13.2 Å². The van der Waals surface area contributed by atoms with Crippen molar-refractivity contribution in [2.24, 2.45) is 5.41 Å². The van der Waals surface area contributed by atoms with Crippen LogP contribution in [0.15, 0.2) is 0 Å². The average molecular weight is 211 g/mol. The van der Waals surface area contributed by atoms with Gasteiger partial charge in [0.25, 0.3) is 0 Å². The van der Waals surface area contributed by atoms with Crippen molar-refractivity contribution in [1.82, 2.24) is 5.32 Å². The van der Waals surface area contributed by atoms with Crippen molar-refractivity contribution < 1.29 is 9.47 Å². The molecule has 15 heavy (non-hydrogen) atoms. The van der Waals surface area contributed by atoms with Crippen LogP contribution in [-0.4, -0.2) is 31.6 Å². The summed E-state index contributed by atoms with van der Waals surface area (Å²) in [5.41, 5.74) is 0.419. The zero-order chi connectivity index (χ0) is 10.4. The molecule has 2 spiro atoms. The molecule has 2 saturated heterocycles. The lowest BCUT2D eigenvalue weighted by molar-refractivity contribution is -0.146. The van der Waals surface area contributed by atoms with Crippen LogP contribution in [0.25, 0.3) is 0 Å². The minimum atomic E-state index is -0.0657. The highest BCUT2D eigenvalue weighted by atomic mass is 16.5. The van der Waals surface area contributed by atoms with E-state index in [1.807, 2.05) is 0 Å². The molecule has 3 nitrogen and oxygen atoms in total. The molecule has 2 unspecified atom stereocenters. The van der Waals surface area contributed by atoms with Crippen molar-refractivity contribution >= 4 is 0 Å². The van der Waals surface area contributed by atoms with Gasteiger partial charge in [-0.05, 0) is 32.6 Å². The molecule has 0 aromatic heterocycles. The van der Waals surface area contributed by atoms with Gasteiger partial charge in [0.15, 0.2) is 0 Å². The third-order valence-electron chi connectivity index (χ3n) is 4.45. The fourth-order valence-corrected chi connectivity index (χ4v) is 2.95. The molecule has 0 bridgehead atoms. The molecule has 2 heterocycles. The first-order chi connectivity index (χ1) is 7.25. The molecule has 0 aromatic carbocycles. The lowest BCUT2D eigenvalue weighted by Crippen LogP contribution is -2.60. The molecule has 1 N–H and O–H groups in total. The van der Waals surface area contributed by atoms with E-state index >= 15 is 0 Å². The van der Waals surface area contributed by atoms with E-state index < -0.39 is 0 Å². The number of hydrogen-bond donors (Lipinski definition) is 1. The Morgan fingerprint density at radius 1 is 1.13 bits per heavy atom. The monoisotopic (exact) mass is 211 g/mol.